The van der Waals surface area contributed by atoms with E-state index in [1.165, 1.54) is 0 Å². The third-order valence-electron chi connectivity index (χ3n) is 4.46. The van der Waals surface area contributed by atoms with Gasteiger partial charge in [-0.3, -0.25) is 9.69 Å². The number of halogens is 1. The smallest absolute Gasteiger partial charge is 0.260 e. The zero-order chi connectivity index (χ0) is 18.4. The highest BCUT2D eigenvalue weighted by Crippen LogP contribution is 2.27. The van der Waals surface area contributed by atoms with Gasteiger partial charge in [0.25, 0.3) is 5.91 Å². The summed E-state index contributed by atoms with van der Waals surface area (Å²) in [6.07, 6.45) is 0. The van der Waals surface area contributed by atoms with E-state index >= 15 is 0 Å². The van der Waals surface area contributed by atoms with Crippen LogP contribution >= 0.6 is 11.6 Å². The molecule has 0 aromatic heterocycles. The Morgan fingerprint density at radius 1 is 1.08 bits per heavy atom. The third-order valence-corrected chi connectivity index (χ3v) is 4.80. The van der Waals surface area contributed by atoms with Gasteiger partial charge in [0, 0.05) is 36.8 Å². The van der Waals surface area contributed by atoms with Crippen molar-refractivity contribution >= 4 is 17.5 Å². The van der Waals surface area contributed by atoms with Crippen molar-refractivity contribution in [1.82, 2.24) is 9.80 Å². The van der Waals surface area contributed by atoms with Crippen LogP contribution in [0.25, 0.3) is 0 Å². The molecule has 1 aliphatic rings. The highest BCUT2D eigenvalue weighted by Gasteiger charge is 2.28. The lowest BCUT2D eigenvalue weighted by atomic mass is 10.1. The first kappa shape index (κ1) is 18.2. The Labute approximate surface area is 158 Å². The van der Waals surface area contributed by atoms with E-state index in [1.807, 2.05) is 48.5 Å². The van der Waals surface area contributed by atoms with Gasteiger partial charge in [-0.1, -0.05) is 48.0 Å². The molecule has 1 heterocycles. The van der Waals surface area contributed by atoms with E-state index in [0.29, 0.717) is 37.0 Å². The van der Waals surface area contributed by atoms with E-state index in [1.54, 1.807) is 11.0 Å². The predicted octanol–water partition coefficient (Wildman–Crippen LogP) is 3.13. The molecule has 1 unspecified atom stereocenters. The molecule has 5 nitrogen and oxygen atoms in total. The Kier molecular flexibility index (Phi) is 6.11. The summed E-state index contributed by atoms with van der Waals surface area (Å²) >= 11 is 6.24. The third kappa shape index (κ3) is 4.34. The first-order chi connectivity index (χ1) is 12.7. The minimum atomic E-state index is -0.401. The van der Waals surface area contributed by atoms with Gasteiger partial charge in [-0.25, -0.2) is 0 Å². The van der Waals surface area contributed by atoms with E-state index in [0.717, 1.165) is 5.56 Å². The molecule has 0 spiro atoms. The zero-order valence-corrected chi connectivity index (χ0v) is 15.1. The number of hydrogen-bond donors (Lipinski definition) is 0. The number of benzene rings is 2. The van der Waals surface area contributed by atoms with Crippen molar-refractivity contribution in [2.45, 2.75) is 6.04 Å². The SMILES string of the molecule is N#CC(c1ccccc1Cl)N1CCN(C(=O)COc2ccccc2)CC1. The summed E-state index contributed by atoms with van der Waals surface area (Å²) in [5.41, 5.74) is 0.809. The van der Waals surface area contributed by atoms with Gasteiger partial charge < -0.3 is 9.64 Å². The van der Waals surface area contributed by atoms with Crippen LogP contribution in [0.5, 0.6) is 5.75 Å². The second kappa shape index (κ2) is 8.70. The van der Waals surface area contributed by atoms with Crippen LogP contribution in [0.2, 0.25) is 5.02 Å². The minimum absolute atomic E-state index is 0.0240. The summed E-state index contributed by atoms with van der Waals surface area (Å²) < 4.78 is 5.53. The van der Waals surface area contributed by atoms with E-state index in [-0.39, 0.29) is 12.5 Å². The highest BCUT2D eigenvalue weighted by atomic mass is 35.5. The Morgan fingerprint density at radius 3 is 2.38 bits per heavy atom. The van der Waals surface area contributed by atoms with Crippen LogP contribution in [-0.4, -0.2) is 48.5 Å². The van der Waals surface area contributed by atoms with Crippen LogP contribution in [0.3, 0.4) is 0 Å². The van der Waals surface area contributed by atoms with Crippen molar-refractivity contribution < 1.29 is 9.53 Å². The van der Waals surface area contributed by atoms with Gasteiger partial charge in [0.2, 0.25) is 0 Å². The zero-order valence-electron chi connectivity index (χ0n) is 14.3. The van der Waals surface area contributed by atoms with Crippen LogP contribution < -0.4 is 4.74 Å². The molecule has 134 valence electrons. The molecule has 1 atom stereocenters. The van der Waals surface area contributed by atoms with Crippen molar-refractivity contribution in [2.75, 3.05) is 32.8 Å². The summed E-state index contributed by atoms with van der Waals surface area (Å²) in [7, 11) is 0. The lowest BCUT2D eigenvalue weighted by Crippen LogP contribution is -2.50. The van der Waals surface area contributed by atoms with Gasteiger partial charge in [-0.05, 0) is 18.2 Å². The van der Waals surface area contributed by atoms with E-state index in [4.69, 9.17) is 16.3 Å². The van der Waals surface area contributed by atoms with Crippen molar-refractivity contribution in [2.24, 2.45) is 0 Å². The van der Waals surface area contributed by atoms with Crippen molar-refractivity contribution in [1.29, 1.82) is 5.26 Å². The first-order valence-electron chi connectivity index (χ1n) is 8.53. The van der Waals surface area contributed by atoms with Gasteiger partial charge >= 0.3 is 0 Å². The van der Waals surface area contributed by atoms with Crippen LogP contribution in [0.4, 0.5) is 0 Å². The molecule has 3 rings (SSSR count). The van der Waals surface area contributed by atoms with Crippen molar-refractivity contribution in [3.8, 4) is 11.8 Å². The van der Waals surface area contributed by atoms with Gasteiger partial charge in [-0.2, -0.15) is 5.26 Å². The molecule has 2 aromatic carbocycles. The molecule has 0 bridgehead atoms. The Bertz CT molecular complexity index is 783. The number of hydrogen-bond acceptors (Lipinski definition) is 4. The molecule has 2 aromatic rings. The molecule has 1 fully saturated rings. The molecule has 6 heteroatoms. The minimum Gasteiger partial charge on any atom is -0.484 e. The maximum atomic E-state index is 12.3. The number of nitriles is 1. The standard InChI is InChI=1S/C20H20ClN3O2/c21-18-9-5-4-8-17(18)19(14-22)23-10-12-24(13-11-23)20(25)15-26-16-6-2-1-3-7-16/h1-9,19H,10-13,15H2. The Balaban J connectivity index is 1.54. The summed E-state index contributed by atoms with van der Waals surface area (Å²) in [6, 6.07) is 18.6. The fourth-order valence-electron chi connectivity index (χ4n) is 3.03. The van der Waals surface area contributed by atoms with E-state index in [9.17, 15) is 10.1 Å². The van der Waals surface area contributed by atoms with Crippen LogP contribution in [0, 0.1) is 11.3 Å². The number of carbonyl (C=O) groups is 1. The number of carbonyl (C=O) groups excluding carboxylic acids is 1. The van der Waals surface area contributed by atoms with Gasteiger partial charge in [-0.15, -0.1) is 0 Å². The molecule has 1 aliphatic heterocycles. The normalized spacial score (nSPS) is 15.9. The Hall–Kier alpha value is -2.55. The predicted molar refractivity (Wildman–Crippen MR) is 99.9 cm³/mol. The lowest BCUT2D eigenvalue weighted by molar-refractivity contribution is -0.135. The van der Waals surface area contributed by atoms with Crippen molar-refractivity contribution in [3.63, 3.8) is 0 Å². The first-order valence-corrected chi connectivity index (χ1v) is 8.90. The van der Waals surface area contributed by atoms with Gasteiger partial charge in [0.15, 0.2) is 6.61 Å². The number of para-hydroxylation sites is 1. The number of piperazine rings is 1. The molecule has 1 amide bonds. The maximum Gasteiger partial charge on any atom is 0.260 e. The number of nitrogens with zero attached hydrogens (tertiary/aromatic N) is 3. The monoisotopic (exact) mass is 369 g/mol. The fraction of sp³-hybridized carbons (Fsp3) is 0.300. The molecule has 0 saturated carbocycles. The van der Waals surface area contributed by atoms with E-state index < -0.39 is 6.04 Å². The molecule has 1 saturated heterocycles. The molecular formula is C20H20ClN3O2. The molecule has 26 heavy (non-hydrogen) atoms. The Morgan fingerprint density at radius 2 is 1.73 bits per heavy atom. The molecular weight excluding hydrogens is 350 g/mol. The average molecular weight is 370 g/mol. The largest absolute Gasteiger partial charge is 0.484 e. The average Bonchev–Trinajstić information content (AvgIpc) is 2.69. The van der Waals surface area contributed by atoms with Crippen molar-refractivity contribution in [3.05, 3.63) is 65.2 Å². The van der Waals surface area contributed by atoms with Gasteiger partial charge in [0.1, 0.15) is 11.8 Å². The van der Waals surface area contributed by atoms with Gasteiger partial charge in [0.05, 0.1) is 6.07 Å². The number of rotatable bonds is 5. The lowest BCUT2D eigenvalue weighted by Gasteiger charge is -2.37. The molecule has 0 N–H and O–H groups in total. The summed E-state index contributed by atoms with van der Waals surface area (Å²) in [6.45, 7) is 2.41. The van der Waals surface area contributed by atoms with Crippen LogP contribution in [-0.2, 0) is 4.79 Å². The summed E-state index contributed by atoms with van der Waals surface area (Å²) in [5.74, 6) is 0.641. The van der Waals surface area contributed by atoms with Crippen LogP contribution in [0.15, 0.2) is 54.6 Å². The highest BCUT2D eigenvalue weighted by molar-refractivity contribution is 6.31. The topological polar surface area (TPSA) is 56.6 Å². The second-order valence-electron chi connectivity index (χ2n) is 6.07. The summed E-state index contributed by atoms with van der Waals surface area (Å²) in [5, 5.41) is 10.2. The molecule has 0 radical (unpaired) electrons. The summed E-state index contributed by atoms with van der Waals surface area (Å²) in [4.78, 5) is 16.2. The fourth-order valence-corrected chi connectivity index (χ4v) is 3.27. The number of amides is 1. The number of ether oxygens (including phenoxy) is 1. The van der Waals surface area contributed by atoms with E-state index in [2.05, 4.69) is 11.0 Å². The molecule has 0 aliphatic carbocycles. The second-order valence-corrected chi connectivity index (χ2v) is 6.48. The quantitative estimate of drug-likeness (QED) is 0.812. The maximum absolute atomic E-state index is 12.3. The van der Waals surface area contributed by atoms with Crippen LogP contribution in [0.1, 0.15) is 11.6 Å².